The monoisotopic (exact) mass is 356 g/mol. The smallest absolute Gasteiger partial charge is 0.305 e. The molecule has 0 aliphatic heterocycles. The molecule has 110 valence electrons. The molecular formula is C13H10BrFN2O4. The van der Waals surface area contributed by atoms with Gasteiger partial charge < -0.3 is 9.32 Å². The Kier molecular flexibility index (Phi) is 4.37. The van der Waals surface area contributed by atoms with Crippen LogP contribution >= 0.6 is 15.9 Å². The van der Waals surface area contributed by atoms with Gasteiger partial charge in [-0.3, -0.25) is 14.9 Å². The molecule has 0 saturated heterocycles. The Bertz CT molecular complexity index is 701. The molecule has 0 aliphatic rings. The van der Waals surface area contributed by atoms with E-state index >= 15 is 0 Å². The van der Waals surface area contributed by atoms with Crippen molar-refractivity contribution in [2.24, 2.45) is 0 Å². The lowest BCUT2D eigenvalue weighted by Crippen LogP contribution is -2.26. The van der Waals surface area contributed by atoms with Gasteiger partial charge in [0.05, 0.1) is 11.5 Å². The number of amides is 1. The van der Waals surface area contributed by atoms with Crippen LogP contribution in [0.2, 0.25) is 0 Å². The van der Waals surface area contributed by atoms with Crippen LogP contribution in [0.1, 0.15) is 16.1 Å². The Morgan fingerprint density at radius 3 is 2.71 bits per heavy atom. The predicted molar refractivity (Wildman–Crippen MR) is 75.3 cm³/mol. The molecule has 0 N–H and O–H groups in total. The highest BCUT2D eigenvalue weighted by Crippen LogP contribution is 2.20. The highest BCUT2D eigenvalue weighted by atomic mass is 79.9. The molecule has 0 fully saturated rings. The first kappa shape index (κ1) is 15.2. The van der Waals surface area contributed by atoms with Crippen LogP contribution in [-0.2, 0) is 6.54 Å². The fraction of sp³-hybridized carbons (Fsp3) is 0.154. The van der Waals surface area contributed by atoms with Crippen molar-refractivity contribution in [3.8, 4) is 0 Å². The molecule has 0 saturated carbocycles. The molecule has 8 heteroatoms. The SMILES string of the molecule is CN(Cc1ccc(Br)o1)C(=O)c1ccc(F)c([N+](=O)[O-])c1. The lowest BCUT2D eigenvalue weighted by molar-refractivity contribution is -0.387. The number of carbonyl (C=O) groups excluding carboxylic acids is 1. The highest BCUT2D eigenvalue weighted by molar-refractivity contribution is 9.10. The van der Waals surface area contributed by atoms with Crippen molar-refractivity contribution in [3.05, 3.63) is 62.3 Å². The van der Waals surface area contributed by atoms with Crippen LogP contribution < -0.4 is 0 Å². The molecule has 1 heterocycles. The third-order valence-corrected chi connectivity index (χ3v) is 3.18. The first-order chi connectivity index (χ1) is 9.88. The maximum absolute atomic E-state index is 13.2. The van der Waals surface area contributed by atoms with E-state index in [-0.39, 0.29) is 12.1 Å². The van der Waals surface area contributed by atoms with Crippen molar-refractivity contribution in [2.45, 2.75) is 6.54 Å². The van der Waals surface area contributed by atoms with Crippen LogP contribution in [0.4, 0.5) is 10.1 Å². The summed E-state index contributed by atoms with van der Waals surface area (Å²) in [5.74, 6) is -0.894. The van der Waals surface area contributed by atoms with E-state index in [4.69, 9.17) is 4.42 Å². The van der Waals surface area contributed by atoms with Gasteiger partial charge in [-0.15, -0.1) is 0 Å². The summed E-state index contributed by atoms with van der Waals surface area (Å²) in [5, 5.41) is 10.7. The largest absolute Gasteiger partial charge is 0.452 e. The van der Waals surface area contributed by atoms with Crippen molar-refractivity contribution in [1.82, 2.24) is 4.90 Å². The van der Waals surface area contributed by atoms with Crippen molar-refractivity contribution < 1.29 is 18.5 Å². The first-order valence-electron chi connectivity index (χ1n) is 5.82. The van der Waals surface area contributed by atoms with Crippen molar-refractivity contribution >= 4 is 27.5 Å². The van der Waals surface area contributed by atoms with Gasteiger partial charge in [0.25, 0.3) is 5.91 Å². The van der Waals surface area contributed by atoms with Crippen LogP contribution in [0, 0.1) is 15.9 Å². The van der Waals surface area contributed by atoms with Crippen LogP contribution in [0.15, 0.2) is 39.4 Å². The summed E-state index contributed by atoms with van der Waals surface area (Å²) in [6, 6.07) is 6.42. The standard InChI is InChI=1S/C13H10BrFN2O4/c1-16(7-9-3-5-12(14)21-9)13(18)8-2-4-10(15)11(6-8)17(19)20/h2-6H,7H2,1H3. The number of carbonyl (C=O) groups is 1. The number of halogens is 2. The second-order valence-corrected chi connectivity index (χ2v) is 5.07. The van der Waals surface area contributed by atoms with E-state index in [9.17, 15) is 19.3 Å². The van der Waals surface area contributed by atoms with E-state index < -0.39 is 22.3 Å². The minimum atomic E-state index is -0.978. The summed E-state index contributed by atoms with van der Waals surface area (Å²) in [5.41, 5.74) is -0.689. The molecule has 21 heavy (non-hydrogen) atoms. The van der Waals surface area contributed by atoms with Crippen molar-refractivity contribution in [1.29, 1.82) is 0 Å². The third-order valence-electron chi connectivity index (χ3n) is 2.76. The van der Waals surface area contributed by atoms with E-state index in [2.05, 4.69) is 15.9 Å². The van der Waals surface area contributed by atoms with Crippen LogP contribution in [0.5, 0.6) is 0 Å². The molecule has 0 unspecified atom stereocenters. The molecule has 2 aromatic rings. The molecule has 0 bridgehead atoms. The maximum atomic E-state index is 13.2. The van der Waals surface area contributed by atoms with E-state index in [1.54, 1.807) is 12.1 Å². The average Bonchev–Trinajstić information content (AvgIpc) is 2.83. The zero-order chi connectivity index (χ0) is 15.6. The second-order valence-electron chi connectivity index (χ2n) is 4.29. The van der Waals surface area contributed by atoms with E-state index in [0.717, 1.165) is 12.1 Å². The van der Waals surface area contributed by atoms with Crippen molar-refractivity contribution in [2.75, 3.05) is 7.05 Å². The fourth-order valence-electron chi connectivity index (χ4n) is 1.75. The molecule has 0 spiro atoms. The summed E-state index contributed by atoms with van der Waals surface area (Å²) in [6.07, 6.45) is 0. The van der Waals surface area contributed by atoms with Gasteiger partial charge in [0.1, 0.15) is 5.76 Å². The number of nitro groups is 1. The van der Waals surface area contributed by atoms with Gasteiger partial charge in [-0.1, -0.05) is 0 Å². The van der Waals surface area contributed by atoms with Gasteiger partial charge in [-0.25, -0.2) is 0 Å². The topological polar surface area (TPSA) is 76.6 Å². The number of rotatable bonds is 4. The Morgan fingerprint density at radius 2 is 2.14 bits per heavy atom. The lowest BCUT2D eigenvalue weighted by Gasteiger charge is -2.15. The molecule has 2 rings (SSSR count). The summed E-state index contributed by atoms with van der Waals surface area (Å²) in [4.78, 5) is 23.3. The molecule has 0 atom stereocenters. The molecular weight excluding hydrogens is 347 g/mol. The van der Waals surface area contributed by atoms with E-state index in [1.165, 1.54) is 18.0 Å². The normalized spacial score (nSPS) is 10.4. The fourth-order valence-corrected chi connectivity index (χ4v) is 2.09. The van der Waals surface area contributed by atoms with Gasteiger partial charge >= 0.3 is 5.69 Å². The van der Waals surface area contributed by atoms with Gasteiger partial charge in [-0.2, -0.15) is 4.39 Å². The third kappa shape index (κ3) is 3.46. The Hall–Kier alpha value is -2.22. The average molecular weight is 357 g/mol. The summed E-state index contributed by atoms with van der Waals surface area (Å²) in [6.45, 7) is 0.190. The number of nitro benzene ring substituents is 1. The quantitative estimate of drug-likeness (QED) is 0.621. The maximum Gasteiger partial charge on any atom is 0.305 e. The lowest BCUT2D eigenvalue weighted by atomic mass is 10.1. The second kappa shape index (κ2) is 6.04. The Morgan fingerprint density at radius 1 is 1.43 bits per heavy atom. The Labute approximate surface area is 127 Å². The number of hydrogen-bond donors (Lipinski definition) is 0. The van der Waals surface area contributed by atoms with E-state index in [1.807, 2.05) is 0 Å². The van der Waals surface area contributed by atoms with Gasteiger partial charge in [0, 0.05) is 18.7 Å². The minimum Gasteiger partial charge on any atom is -0.452 e. The number of hydrogen-bond acceptors (Lipinski definition) is 4. The summed E-state index contributed by atoms with van der Waals surface area (Å²) in [7, 11) is 1.52. The molecule has 0 aliphatic carbocycles. The van der Waals surface area contributed by atoms with E-state index in [0.29, 0.717) is 10.4 Å². The Balaban J connectivity index is 2.19. The highest BCUT2D eigenvalue weighted by Gasteiger charge is 2.20. The van der Waals surface area contributed by atoms with Gasteiger partial charge in [-0.05, 0) is 40.2 Å². The molecule has 0 radical (unpaired) electrons. The molecule has 1 aromatic heterocycles. The van der Waals surface area contributed by atoms with Gasteiger partial charge in [0.15, 0.2) is 4.67 Å². The zero-order valence-electron chi connectivity index (χ0n) is 10.9. The number of benzene rings is 1. The molecule has 1 amide bonds. The van der Waals surface area contributed by atoms with Crippen LogP contribution in [0.3, 0.4) is 0 Å². The first-order valence-corrected chi connectivity index (χ1v) is 6.61. The number of furan rings is 1. The van der Waals surface area contributed by atoms with Gasteiger partial charge in [0.2, 0.25) is 5.82 Å². The minimum absolute atomic E-state index is 0.0382. The van der Waals surface area contributed by atoms with Crippen LogP contribution in [0.25, 0.3) is 0 Å². The molecule has 1 aromatic carbocycles. The molecule has 6 nitrogen and oxygen atoms in total. The summed E-state index contributed by atoms with van der Waals surface area (Å²) < 4.78 is 19.1. The summed E-state index contributed by atoms with van der Waals surface area (Å²) >= 11 is 3.15. The number of nitrogens with zero attached hydrogens (tertiary/aromatic N) is 2. The predicted octanol–water partition coefficient (Wildman–Crippen LogP) is 3.36. The van der Waals surface area contributed by atoms with Crippen molar-refractivity contribution in [3.63, 3.8) is 0 Å². The van der Waals surface area contributed by atoms with Crippen LogP contribution in [-0.4, -0.2) is 22.8 Å². The zero-order valence-corrected chi connectivity index (χ0v) is 12.5.